The van der Waals surface area contributed by atoms with Gasteiger partial charge in [0.15, 0.2) is 5.69 Å². The number of halogens is 4. The largest absolute Gasteiger partial charge is 0.444 e. The average molecular weight is 674 g/mol. The molecule has 48 heavy (non-hydrogen) atoms. The van der Waals surface area contributed by atoms with E-state index >= 15 is 0 Å². The van der Waals surface area contributed by atoms with Crippen molar-refractivity contribution >= 4 is 28.9 Å². The molecule has 2 aliphatic rings. The number of hydrogen-bond acceptors (Lipinski definition) is 9. The molecule has 0 radical (unpaired) electrons. The summed E-state index contributed by atoms with van der Waals surface area (Å²) < 4.78 is 72.6. The SMILES string of the molecule is CNc1nc2cc(F)ccc2n1-c1nc(-c2c(C(F)(F)F)nn(C3CCN(C(=O)OC(C)(C)C)CC3)c2C)cc(N2CCOC[C@H]2C)n1. The second-order valence-corrected chi connectivity index (χ2v) is 13.1. The molecule has 2 saturated heterocycles. The fourth-order valence-electron chi connectivity index (χ4n) is 6.29. The molecule has 12 nitrogen and oxygen atoms in total. The van der Waals surface area contributed by atoms with Crippen LogP contribution in [0.15, 0.2) is 24.3 Å². The van der Waals surface area contributed by atoms with Crippen molar-refractivity contribution in [2.45, 2.75) is 71.3 Å². The summed E-state index contributed by atoms with van der Waals surface area (Å²) >= 11 is 0. The van der Waals surface area contributed by atoms with E-state index in [9.17, 15) is 22.4 Å². The smallest absolute Gasteiger partial charge is 0.435 e. The highest BCUT2D eigenvalue weighted by Gasteiger charge is 2.41. The number of benzene rings is 1. The Kier molecular flexibility index (Phi) is 8.72. The summed E-state index contributed by atoms with van der Waals surface area (Å²) in [5.74, 6) is 0.268. The number of aromatic nitrogens is 6. The molecule has 16 heteroatoms. The molecule has 0 aliphatic carbocycles. The Morgan fingerprint density at radius 1 is 1.06 bits per heavy atom. The van der Waals surface area contributed by atoms with Crippen molar-refractivity contribution in [3.8, 4) is 17.2 Å². The Balaban J connectivity index is 1.47. The second-order valence-electron chi connectivity index (χ2n) is 13.1. The molecule has 6 rings (SSSR count). The van der Waals surface area contributed by atoms with Crippen LogP contribution in [0.4, 0.5) is 34.1 Å². The summed E-state index contributed by atoms with van der Waals surface area (Å²) in [5, 5.41) is 7.11. The molecule has 1 amide bonds. The number of anilines is 2. The normalized spacial score (nSPS) is 18.1. The highest BCUT2D eigenvalue weighted by molar-refractivity contribution is 5.81. The van der Waals surface area contributed by atoms with Crippen molar-refractivity contribution < 1.29 is 31.8 Å². The molecular weight excluding hydrogens is 634 g/mol. The van der Waals surface area contributed by atoms with Gasteiger partial charge < -0.3 is 24.6 Å². The molecule has 4 aromatic rings. The number of rotatable bonds is 5. The lowest BCUT2D eigenvalue weighted by atomic mass is 10.0. The van der Waals surface area contributed by atoms with Gasteiger partial charge in [-0.25, -0.2) is 23.7 Å². The third-order valence-corrected chi connectivity index (χ3v) is 8.54. The number of carbonyl (C=O) groups excluding carboxylic acids is 1. The summed E-state index contributed by atoms with van der Waals surface area (Å²) in [4.78, 5) is 30.2. The number of morpholine rings is 1. The summed E-state index contributed by atoms with van der Waals surface area (Å²) in [6.07, 6.45) is -4.46. The van der Waals surface area contributed by atoms with Crippen molar-refractivity contribution in [3.63, 3.8) is 0 Å². The van der Waals surface area contributed by atoms with Gasteiger partial charge in [0, 0.05) is 44.5 Å². The zero-order chi connectivity index (χ0) is 34.5. The summed E-state index contributed by atoms with van der Waals surface area (Å²) in [6.45, 7) is 10.8. The van der Waals surface area contributed by atoms with Crippen molar-refractivity contribution in [2.24, 2.45) is 0 Å². The van der Waals surface area contributed by atoms with Gasteiger partial charge in [0.1, 0.15) is 17.2 Å². The molecule has 0 spiro atoms. The van der Waals surface area contributed by atoms with E-state index in [2.05, 4.69) is 15.4 Å². The second kappa shape index (κ2) is 12.5. The first kappa shape index (κ1) is 33.4. The molecular formula is C32H39F4N9O3. The molecule has 1 aromatic carbocycles. The van der Waals surface area contributed by atoms with Gasteiger partial charge in [0.2, 0.25) is 11.9 Å². The quantitative estimate of drug-likeness (QED) is 0.256. The molecule has 2 fully saturated rings. The lowest BCUT2D eigenvalue weighted by molar-refractivity contribution is -0.141. The van der Waals surface area contributed by atoms with Gasteiger partial charge in [-0.1, -0.05) is 0 Å². The number of imidazole rings is 1. The van der Waals surface area contributed by atoms with Crippen LogP contribution in [0.3, 0.4) is 0 Å². The average Bonchev–Trinajstić information content (AvgIpc) is 3.57. The fraction of sp³-hybridized carbons (Fsp3) is 0.531. The number of hydrogen-bond donors (Lipinski definition) is 1. The van der Waals surface area contributed by atoms with Crippen LogP contribution in [0.1, 0.15) is 58.0 Å². The number of nitrogens with zero attached hydrogens (tertiary/aromatic N) is 8. The maximum Gasteiger partial charge on any atom is 0.435 e. The molecule has 0 unspecified atom stereocenters. The Morgan fingerprint density at radius 2 is 1.79 bits per heavy atom. The predicted octanol–water partition coefficient (Wildman–Crippen LogP) is 5.98. The van der Waals surface area contributed by atoms with Gasteiger partial charge in [-0.05, 0) is 59.6 Å². The molecule has 1 N–H and O–H groups in total. The molecule has 3 aromatic heterocycles. The van der Waals surface area contributed by atoms with Crippen LogP contribution in [0.25, 0.3) is 28.2 Å². The van der Waals surface area contributed by atoms with E-state index in [1.807, 2.05) is 11.8 Å². The molecule has 0 bridgehead atoms. The minimum atomic E-state index is -4.80. The van der Waals surface area contributed by atoms with Gasteiger partial charge in [-0.2, -0.15) is 23.3 Å². The first-order valence-corrected chi connectivity index (χ1v) is 15.9. The van der Waals surface area contributed by atoms with Gasteiger partial charge in [-0.15, -0.1) is 0 Å². The standard InChI is InChI=1S/C32H39F4N9O3/c1-18-17-47-14-13-43(18)25-16-23(39-29(40-25)44-24-8-7-20(33)15-22(24)38-28(44)37-6)26-19(2)45(41-27(26)32(34,35)36)21-9-11-42(12-10-21)30(46)48-31(3,4)5/h7-8,15-16,18,21H,9-14,17H2,1-6H3,(H,37,38)/t18-/m1/s1. The lowest BCUT2D eigenvalue weighted by Gasteiger charge is -2.34. The monoisotopic (exact) mass is 673 g/mol. The van der Waals surface area contributed by atoms with Crippen molar-refractivity contribution in [2.75, 3.05) is 50.1 Å². The zero-order valence-corrected chi connectivity index (χ0v) is 27.7. The molecule has 258 valence electrons. The lowest BCUT2D eigenvalue weighted by Crippen LogP contribution is -2.44. The first-order valence-electron chi connectivity index (χ1n) is 15.9. The third kappa shape index (κ3) is 6.49. The summed E-state index contributed by atoms with van der Waals surface area (Å²) in [5.41, 5.74) is -0.774. The van der Waals surface area contributed by atoms with E-state index in [-0.39, 0.29) is 40.9 Å². The summed E-state index contributed by atoms with van der Waals surface area (Å²) in [6, 6.07) is 5.12. The van der Waals surface area contributed by atoms with E-state index in [1.165, 1.54) is 22.9 Å². The zero-order valence-electron chi connectivity index (χ0n) is 27.7. The maximum atomic E-state index is 14.8. The number of ether oxygens (including phenoxy) is 2. The Hall–Kier alpha value is -4.47. The van der Waals surface area contributed by atoms with Crippen LogP contribution in [-0.4, -0.2) is 91.8 Å². The number of alkyl halides is 3. The predicted molar refractivity (Wildman–Crippen MR) is 171 cm³/mol. The highest BCUT2D eigenvalue weighted by Crippen LogP contribution is 2.41. The van der Waals surface area contributed by atoms with E-state index in [0.717, 1.165) is 0 Å². The van der Waals surface area contributed by atoms with Crippen molar-refractivity contribution in [1.82, 2.24) is 34.2 Å². The van der Waals surface area contributed by atoms with Gasteiger partial charge in [-0.3, -0.25) is 4.68 Å². The third-order valence-electron chi connectivity index (χ3n) is 8.54. The van der Waals surface area contributed by atoms with Crippen LogP contribution in [-0.2, 0) is 15.7 Å². The topological polar surface area (TPSA) is 115 Å². The van der Waals surface area contributed by atoms with Gasteiger partial charge in [0.25, 0.3) is 0 Å². The first-order chi connectivity index (χ1) is 22.6. The Morgan fingerprint density at radius 3 is 2.44 bits per heavy atom. The number of likely N-dealkylation sites (tertiary alicyclic amines) is 1. The minimum absolute atomic E-state index is 0.0296. The van der Waals surface area contributed by atoms with Crippen LogP contribution in [0.5, 0.6) is 0 Å². The number of carbonyl (C=O) groups is 1. The van der Waals surface area contributed by atoms with Gasteiger partial charge in [0.05, 0.1) is 47.6 Å². The van der Waals surface area contributed by atoms with Crippen LogP contribution < -0.4 is 10.2 Å². The van der Waals surface area contributed by atoms with Crippen molar-refractivity contribution in [1.29, 1.82) is 0 Å². The molecule has 5 heterocycles. The molecule has 1 atom stereocenters. The van der Waals surface area contributed by atoms with Crippen LogP contribution in [0, 0.1) is 12.7 Å². The van der Waals surface area contributed by atoms with E-state index in [0.29, 0.717) is 62.5 Å². The Bertz CT molecular complexity index is 1820. The van der Waals surface area contributed by atoms with E-state index < -0.39 is 29.4 Å². The fourth-order valence-corrected chi connectivity index (χ4v) is 6.29. The van der Waals surface area contributed by atoms with E-state index in [4.69, 9.17) is 19.4 Å². The summed E-state index contributed by atoms with van der Waals surface area (Å²) in [7, 11) is 1.63. The molecule has 2 aliphatic heterocycles. The van der Waals surface area contributed by atoms with Gasteiger partial charge >= 0.3 is 12.3 Å². The van der Waals surface area contributed by atoms with E-state index in [1.54, 1.807) is 50.3 Å². The maximum absolute atomic E-state index is 14.8. The Labute approximate surface area is 275 Å². The van der Waals surface area contributed by atoms with Crippen molar-refractivity contribution in [3.05, 3.63) is 41.5 Å². The number of nitrogens with one attached hydrogen (secondary N) is 1. The van der Waals surface area contributed by atoms with Crippen LogP contribution in [0.2, 0.25) is 0 Å². The highest BCUT2D eigenvalue weighted by atomic mass is 19.4. The number of amides is 1. The number of fused-ring (bicyclic) bond motifs is 1. The number of piperidine rings is 1. The molecule has 0 saturated carbocycles. The minimum Gasteiger partial charge on any atom is -0.444 e. The van der Waals surface area contributed by atoms with Crippen LogP contribution >= 0.6 is 0 Å².